The Hall–Kier alpha value is -2.75. The van der Waals surface area contributed by atoms with E-state index in [2.05, 4.69) is 16.1 Å². The Bertz CT molecular complexity index is 1040. The molecule has 28 heavy (non-hydrogen) atoms. The molecule has 1 aliphatic heterocycles. The monoisotopic (exact) mass is 488 g/mol. The molecule has 0 saturated heterocycles. The number of aromatic nitrogens is 2. The van der Waals surface area contributed by atoms with Gasteiger partial charge in [0, 0.05) is 46.1 Å². The van der Waals surface area contributed by atoms with Gasteiger partial charge in [-0.15, -0.1) is 0 Å². The van der Waals surface area contributed by atoms with E-state index >= 15 is 0 Å². The number of nitrogens with zero attached hydrogens (tertiary/aromatic N) is 3. The maximum absolute atomic E-state index is 12.5. The largest absolute Gasteiger partial charge is 0.334 e. The van der Waals surface area contributed by atoms with Crippen molar-refractivity contribution in [3.63, 3.8) is 0 Å². The van der Waals surface area contributed by atoms with Crippen LogP contribution in [0.4, 0.5) is 11.4 Å². The van der Waals surface area contributed by atoms with Crippen LogP contribution in [0.15, 0.2) is 48.7 Å². The minimum atomic E-state index is -0.508. The van der Waals surface area contributed by atoms with Crippen molar-refractivity contribution < 1.29 is 9.72 Å². The first-order valence-corrected chi connectivity index (χ1v) is 10.0. The molecule has 1 aliphatic rings. The van der Waals surface area contributed by atoms with Crippen LogP contribution in [0.2, 0.25) is 0 Å². The number of carbonyl (C=O) groups excluding carboxylic acids is 1. The van der Waals surface area contributed by atoms with E-state index in [9.17, 15) is 14.9 Å². The molecule has 142 valence electrons. The number of carbonyl (C=O) groups is 1. The number of fused-ring (bicyclic) bond motifs is 1. The Kier molecular flexibility index (Phi) is 5.12. The summed E-state index contributed by atoms with van der Waals surface area (Å²) >= 11 is 1.99. The number of aryl methyl sites for hydroxylation is 2. The van der Waals surface area contributed by atoms with Gasteiger partial charge in [0.25, 0.3) is 11.6 Å². The summed E-state index contributed by atoms with van der Waals surface area (Å²) in [5, 5.41) is 13.8. The van der Waals surface area contributed by atoms with Crippen molar-refractivity contribution in [2.75, 3.05) is 5.32 Å². The van der Waals surface area contributed by atoms with Crippen molar-refractivity contribution in [1.82, 2.24) is 9.55 Å². The first-order chi connectivity index (χ1) is 13.5. The normalized spacial score (nSPS) is 13.0. The topological polar surface area (TPSA) is 90.1 Å². The number of nitrogens with one attached hydrogen (secondary N) is 1. The first kappa shape index (κ1) is 18.6. The fourth-order valence-electron chi connectivity index (χ4n) is 3.28. The summed E-state index contributed by atoms with van der Waals surface area (Å²) in [7, 11) is 0. The molecular weight excluding hydrogens is 471 g/mol. The summed E-state index contributed by atoms with van der Waals surface area (Å²) in [6.07, 6.45) is 5.45. The van der Waals surface area contributed by atoms with Gasteiger partial charge < -0.3 is 9.88 Å². The minimum absolute atomic E-state index is 0.107. The van der Waals surface area contributed by atoms with Crippen molar-refractivity contribution in [3.05, 3.63) is 73.7 Å². The number of benzene rings is 2. The third-order valence-corrected chi connectivity index (χ3v) is 5.69. The van der Waals surface area contributed by atoms with Gasteiger partial charge in [0.2, 0.25) is 0 Å². The summed E-state index contributed by atoms with van der Waals surface area (Å²) in [4.78, 5) is 27.7. The van der Waals surface area contributed by atoms with Gasteiger partial charge in [-0.05, 0) is 53.6 Å². The number of hydrogen-bond acceptors (Lipinski definition) is 4. The van der Waals surface area contributed by atoms with Gasteiger partial charge in [0.05, 0.1) is 16.2 Å². The highest BCUT2D eigenvalue weighted by Crippen LogP contribution is 2.25. The number of hydrogen-bond donors (Lipinski definition) is 1. The lowest BCUT2D eigenvalue weighted by atomic mass is 10.1. The number of nitro groups is 1. The Balaban J connectivity index is 1.52. The highest BCUT2D eigenvalue weighted by molar-refractivity contribution is 14.1. The quantitative estimate of drug-likeness (QED) is 0.329. The van der Waals surface area contributed by atoms with E-state index in [1.54, 1.807) is 6.07 Å². The van der Waals surface area contributed by atoms with E-state index in [1.807, 2.05) is 46.9 Å². The second-order valence-corrected chi connectivity index (χ2v) is 7.81. The van der Waals surface area contributed by atoms with E-state index in [4.69, 9.17) is 4.98 Å². The molecule has 8 heteroatoms. The average molecular weight is 488 g/mol. The number of rotatable bonds is 4. The fraction of sp³-hybridized carbons (Fsp3) is 0.200. The molecule has 0 saturated carbocycles. The summed E-state index contributed by atoms with van der Waals surface area (Å²) < 4.78 is 2.86. The number of anilines is 1. The Labute approximate surface area is 175 Å². The molecule has 3 aromatic rings. The minimum Gasteiger partial charge on any atom is -0.334 e. The molecule has 0 atom stereocenters. The maximum atomic E-state index is 12.5. The predicted octanol–water partition coefficient (Wildman–Crippen LogP) is 4.65. The van der Waals surface area contributed by atoms with Gasteiger partial charge in [-0.1, -0.05) is 12.1 Å². The van der Waals surface area contributed by atoms with Crippen molar-refractivity contribution in [2.24, 2.45) is 0 Å². The zero-order valence-corrected chi connectivity index (χ0v) is 17.0. The first-order valence-electron chi connectivity index (χ1n) is 8.93. The van der Waals surface area contributed by atoms with Crippen LogP contribution in [-0.4, -0.2) is 20.4 Å². The summed E-state index contributed by atoms with van der Waals surface area (Å²) in [6, 6.07) is 11.7. The zero-order valence-electron chi connectivity index (χ0n) is 14.9. The molecular formula is C20H17IN4O3. The van der Waals surface area contributed by atoms with Crippen LogP contribution in [0.1, 0.15) is 29.0 Å². The lowest BCUT2D eigenvalue weighted by Gasteiger charge is -2.11. The van der Waals surface area contributed by atoms with Crippen LogP contribution in [0.25, 0.3) is 11.3 Å². The molecule has 0 bridgehead atoms. The van der Waals surface area contributed by atoms with Gasteiger partial charge in [-0.3, -0.25) is 14.9 Å². The molecule has 1 N–H and O–H groups in total. The Morgan fingerprint density at radius 1 is 1.18 bits per heavy atom. The fourth-order valence-corrected chi connectivity index (χ4v) is 3.86. The molecule has 0 spiro atoms. The Morgan fingerprint density at radius 3 is 2.68 bits per heavy atom. The molecule has 4 rings (SSSR count). The molecule has 2 aromatic carbocycles. The van der Waals surface area contributed by atoms with Gasteiger partial charge >= 0.3 is 0 Å². The second kappa shape index (κ2) is 7.70. The van der Waals surface area contributed by atoms with Crippen molar-refractivity contribution in [3.8, 4) is 11.3 Å². The van der Waals surface area contributed by atoms with Crippen molar-refractivity contribution in [2.45, 2.75) is 25.8 Å². The molecule has 0 radical (unpaired) electrons. The smallest absolute Gasteiger partial charge is 0.270 e. The van der Waals surface area contributed by atoms with E-state index < -0.39 is 4.92 Å². The predicted molar refractivity (Wildman–Crippen MR) is 114 cm³/mol. The van der Waals surface area contributed by atoms with Crippen LogP contribution >= 0.6 is 22.6 Å². The van der Waals surface area contributed by atoms with Crippen LogP contribution in [0.5, 0.6) is 0 Å². The Morgan fingerprint density at radius 2 is 1.96 bits per heavy atom. The third kappa shape index (κ3) is 3.77. The van der Waals surface area contributed by atoms with Crippen LogP contribution in [0.3, 0.4) is 0 Å². The number of imidazole rings is 1. The number of halogens is 1. The van der Waals surface area contributed by atoms with Gasteiger partial charge in [-0.25, -0.2) is 4.98 Å². The van der Waals surface area contributed by atoms with Crippen LogP contribution < -0.4 is 5.32 Å². The lowest BCUT2D eigenvalue weighted by molar-refractivity contribution is -0.384. The molecule has 0 fully saturated rings. The molecule has 0 unspecified atom stereocenters. The van der Waals surface area contributed by atoms with Crippen molar-refractivity contribution >= 4 is 39.9 Å². The maximum Gasteiger partial charge on any atom is 0.270 e. The van der Waals surface area contributed by atoms with E-state index in [0.717, 1.165) is 30.0 Å². The van der Waals surface area contributed by atoms with Gasteiger partial charge in [-0.2, -0.15) is 0 Å². The van der Waals surface area contributed by atoms with Crippen LogP contribution in [0, 0.1) is 13.7 Å². The molecule has 1 aromatic heterocycles. The van der Waals surface area contributed by atoms with Gasteiger partial charge in [0.15, 0.2) is 0 Å². The highest BCUT2D eigenvalue weighted by Gasteiger charge is 2.16. The van der Waals surface area contributed by atoms with Gasteiger partial charge in [0.1, 0.15) is 5.82 Å². The highest BCUT2D eigenvalue weighted by atomic mass is 127. The van der Waals surface area contributed by atoms with Crippen LogP contribution in [-0.2, 0) is 13.0 Å². The van der Waals surface area contributed by atoms with E-state index in [0.29, 0.717) is 9.26 Å². The average Bonchev–Trinajstić information content (AvgIpc) is 3.13. The standard InChI is InChI=1S/C20H17IN4O3/c21-17-9-8-15(25(27)28)11-16(17)20(26)22-14-6-4-13(5-7-14)18-12-24-10-2-1-3-19(24)23-18/h4-9,11-12H,1-3,10H2,(H,22,26). The summed E-state index contributed by atoms with van der Waals surface area (Å²) in [5.41, 5.74) is 2.72. The lowest BCUT2D eigenvalue weighted by Crippen LogP contribution is -2.13. The third-order valence-electron chi connectivity index (χ3n) is 4.75. The molecule has 7 nitrogen and oxygen atoms in total. The van der Waals surface area contributed by atoms with E-state index in [1.165, 1.54) is 25.0 Å². The van der Waals surface area contributed by atoms with E-state index in [-0.39, 0.29) is 17.2 Å². The SMILES string of the molecule is O=C(Nc1ccc(-c2cn3c(n2)CCCC3)cc1)c1cc([N+](=O)[O-])ccc1I. The zero-order chi connectivity index (χ0) is 19.7. The molecule has 2 heterocycles. The van der Waals surface area contributed by atoms with Crippen molar-refractivity contribution in [1.29, 1.82) is 0 Å². The second-order valence-electron chi connectivity index (χ2n) is 6.65. The molecule has 1 amide bonds. The number of nitro benzene ring substituents is 1. The molecule has 0 aliphatic carbocycles. The summed E-state index contributed by atoms with van der Waals surface area (Å²) in [6.45, 7) is 1.01. The number of amides is 1. The summed E-state index contributed by atoms with van der Waals surface area (Å²) in [5.74, 6) is 0.747. The number of non-ortho nitro benzene ring substituents is 1.